The van der Waals surface area contributed by atoms with Crippen LogP contribution in [-0.4, -0.2) is 16.5 Å². The zero-order chi connectivity index (χ0) is 19.4. The largest absolute Gasteiger partial charge is 0.349 e. The molecule has 0 aliphatic carbocycles. The fourth-order valence-corrected chi connectivity index (χ4v) is 3.02. The summed E-state index contributed by atoms with van der Waals surface area (Å²) in [7, 11) is 0. The topological polar surface area (TPSA) is 57.8 Å². The van der Waals surface area contributed by atoms with Crippen LogP contribution in [0.5, 0.6) is 0 Å². The van der Waals surface area contributed by atoms with E-state index in [9.17, 15) is 10.1 Å². The summed E-state index contributed by atoms with van der Waals surface area (Å²) in [4.78, 5) is 12.3. The lowest BCUT2D eigenvalue weighted by Gasteiger charge is -2.14. The minimum atomic E-state index is -0.342. The Labute approximate surface area is 160 Å². The summed E-state index contributed by atoms with van der Waals surface area (Å²) in [5, 5.41) is 12.9. The van der Waals surface area contributed by atoms with Gasteiger partial charge in [0.1, 0.15) is 11.6 Å². The van der Waals surface area contributed by atoms with Crippen molar-refractivity contribution in [3.63, 3.8) is 0 Å². The van der Waals surface area contributed by atoms with Crippen molar-refractivity contribution in [1.82, 2.24) is 9.88 Å². The average molecular weight is 370 g/mol. The molecule has 1 N–H and O–H groups in total. The lowest BCUT2D eigenvalue weighted by atomic mass is 10.1. The minimum absolute atomic E-state index is 0.0285. The van der Waals surface area contributed by atoms with Gasteiger partial charge in [0, 0.05) is 28.1 Å². The Bertz CT molecular complexity index is 903. The van der Waals surface area contributed by atoms with Crippen LogP contribution in [-0.2, 0) is 4.79 Å². The Kier molecular flexibility index (Phi) is 6.28. The van der Waals surface area contributed by atoms with Crippen LogP contribution < -0.4 is 5.32 Å². The number of aryl methyl sites for hydroxylation is 1. The number of hydrogen-bond donors (Lipinski definition) is 1. The zero-order valence-corrected chi connectivity index (χ0v) is 16.6. The van der Waals surface area contributed by atoms with E-state index in [-0.39, 0.29) is 17.5 Å². The van der Waals surface area contributed by atoms with Crippen molar-refractivity contribution in [2.24, 2.45) is 0 Å². The smallest absolute Gasteiger partial charge is 0.262 e. The minimum Gasteiger partial charge on any atom is -0.349 e. The quantitative estimate of drug-likeness (QED) is 0.603. The van der Waals surface area contributed by atoms with Gasteiger partial charge in [-0.3, -0.25) is 4.79 Å². The fraction of sp³-hybridized carbons (Fsp3) is 0.333. The number of nitrogens with zero attached hydrogens (tertiary/aromatic N) is 2. The van der Waals surface area contributed by atoms with E-state index >= 15 is 0 Å². The molecule has 1 aromatic carbocycles. The molecule has 26 heavy (non-hydrogen) atoms. The van der Waals surface area contributed by atoms with Crippen LogP contribution in [0, 0.1) is 32.1 Å². The molecule has 0 fully saturated rings. The lowest BCUT2D eigenvalue weighted by Crippen LogP contribution is -2.32. The second-order valence-electron chi connectivity index (χ2n) is 6.50. The Morgan fingerprint density at radius 2 is 2.08 bits per heavy atom. The monoisotopic (exact) mass is 369 g/mol. The predicted molar refractivity (Wildman–Crippen MR) is 106 cm³/mol. The van der Waals surface area contributed by atoms with Crippen molar-refractivity contribution in [2.45, 2.75) is 47.1 Å². The molecule has 0 spiro atoms. The van der Waals surface area contributed by atoms with Crippen molar-refractivity contribution in [1.29, 1.82) is 5.26 Å². The second kappa shape index (κ2) is 8.25. The lowest BCUT2D eigenvalue weighted by molar-refractivity contribution is -0.117. The Morgan fingerprint density at radius 3 is 2.69 bits per heavy atom. The SMILES string of the molecule is CC[C@H](C)NC(=O)/C(C#N)=C/c1cc(C)n(-c2cccc(Cl)c2C)c1C. The van der Waals surface area contributed by atoms with Crippen LogP contribution in [0.2, 0.25) is 5.02 Å². The summed E-state index contributed by atoms with van der Waals surface area (Å²) in [6.07, 6.45) is 2.46. The molecule has 1 aromatic heterocycles. The van der Waals surface area contributed by atoms with Crippen molar-refractivity contribution in [3.8, 4) is 11.8 Å². The van der Waals surface area contributed by atoms with Crippen molar-refractivity contribution in [3.05, 3.63) is 57.4 Å². The van der Waals surface area contributed by atoms with Gasteiger partial charge in [0.25, 0.3) is 5.91 Å². The fourth-order valence-electron chi connectivity index (χ4n) is 2.85. The molecule has 0 bridgehead atoms. The number of benzene rings is 1. The maximum atomic E-state index is 12.3. The van der Waals surface area contributed by atoms with E-state index in [0.29, 0.717) is 5.02 Å². The van der Waals surface area contributed by atoms with Gasteiger partial charge in [-0.2, -0.15) is 5.26 Å². The third-order valence-corrected chi connectivity index (χ3v) is 5.01. The summed E-state index contributed by atoms with van der Waals surface area (Å²) in [6.45, 7) is 9.85. The highest BCUT2D eigenvalue weighted by Crippen LogP contribution is 2.28. The highest BCUT2D eigenvalue weighted by molar-refractivity contribution is 6.31. The molecule has 2 rings (SSSR count). The Hall–Kier alpha value is -2.51. The highest BCUT2D eigenvalue weighted by Gasteiger charge is 2.16. The Morgan fingerprint density at radius 1 is 1.38 bits per heavy atom. The van der Waals surface area contributed by atoms with E-state index in [1.807, 2.05) is 65.0 Å². The van der Waals surface area contributed by atoms with Gasteiger partial charge < -0.3 is 9.88 Å². The maximum Gasteiger partial charge on any atom is 0.262 e. The van der Waals surface area contributed by atoms with Crippen molar-refractivity contribution in [2.75, 3.05) is 0 Å². The molecule has 0 saturated heterocycles. The first-order chi connectivity index (χ1) is 12.3. The van der Waals surface area contributed by atoms with Gasteiger partial charge in [-0.05, 0) is 69.5 Å². The standard InChI is InChI=1S/C21H24ClN3O/c1-6-13(2)24-21(26)18(12-23)11-17-10-14(3)25(16(17)5)20-9-7-8-19(22)15(20)4/h7-11,13H,6H2,1-5H3,(H,24,26)/b18-11+/t13-/m0/s1. The second-order valence-corrected chi connectivity index (χ2v) is 6.91. The van der Waals surface area contributed by atoms with Crippen molar-refractivity contribution < 1.29 is 4.79 Å². The van der Waals surface area contributed by atoms with E-state index in [0.717, 1.165) is 34.6 Å². The van der Waals surface area contributed by atoms with Gasteiger partial charge in [0.05, 0.1) is 0 Å². The van der Waals surface area contributed by atoms with Crippen LogP contribution in [0.15, 0.2) is 29.8 Å². The summed E-state index contributed by atoms with van der Waals surface area (Å²) < 4.78 is 2.09. The molecule has 136 valence electrons. The first-order valence-electron chi connectivity index (χ1n) is 8.67. The molecule has 0 aliphatic rings. The van der Waals surface area contributed by atoms with Gasteiger partial charge in [0.2, 0.25) is 0 Å². The van der Waals surface area contributed by atoms with Crippen LogP contribution in [0.3, 0.4) is 0 Å². The third-order valence-electron chi connectivity index (χ3n) is 4.61. The van der Waals surface area contributed by atoms with Gasteiger partial charge in [0.15, 0.2) is 0 Å². The van der Waals surface area contributed by atoms with E-state index in [1.54, 1.807) is 6.08 Å². The van der Waals surface area contributed by atoms with Gasteiger partial charge in [-0.25, -0.2) is 0 Å². The molecular weight excluding hydrogens is 346 g/mol. The third kappa shape index (κ3) is 4.00. The predicted octanol–water partition coefficient (Wildman–Crippen LogP) is 4.88. The highest BCUT2D eigenvalue weighted by atomic mass is 35.5. The van der Waals surface area contributed by atoms with Crippen molar-refractivity contribution >= 4 is 23.6 Å². The number of carbonyl (C=O) groups excluding carboxylic acids is 1. The molecule has 4 nitrogen and oxygen atoms in total. The van der Waals surface area contributed by atoms with Gasteiger partial charge in [-0.1, -0.05) is 24.6 Å². The zero-order valence-electron chi connectivity index (χ0n) is 15.9. The van der Waals surface area contributed by atoms with E-state index < -0.39 is 0 Å². The maximum absolute atomic E-state index is 12.3. The average Bonchev–Trinajstić information content (AvgIpc) is 2.88. The molecular formula is C21H24ClN3O. The number of halogens is 1. The van der Waals surface area contributed by atoms with Gasteiger partial charge >= 0.3 is 0 Å². The molecule has 0 saturated carbocycles. The number of nitriles is 1. The van der Waals surface area contributed by atoms with Gasteiger partial charge in [-0.15, -0.1) is 0 Å². The first kappa shape index (κ1) is 19.8. The number of aromatic nitrogens is 1. The number of amides is 1. The number of nitrogens with one attached hydrogen (secondary N) is 1. The summed E-state index contributed by atoms with van der Waals surface area (Å²) in [5.41, 5.74) is 4.90. The number of hydrogen-bond acceptors (Lipinski definition) is 2. The summed E-state index contributed by atoms with van der Waals surface area (Å²) in [6, 6.07) is 9.81. The van der Waals surface area contributed by atoms with E-state index in [1.165, 1.54) is 0 Å². The molecule has 1 heterocycles. The van der Waals surface area contributed by atoms with Crippen LogP contribution in [0.25, 0.3) is 11.8 Å². The number of carbonyl (C=O) groups is 1. The van der Waals surface area contributed by atoms with Crippen LogP contribution in [0.4, 0.5) is 0 Å². The van der Waals surface area contributed by atoms with Crippen LogP contribution >= 0.6 is 11.6 Å². The number of rotatable bonds is 5. The molecule has 2 aromatic rings. The molecule has 0 unspecified atom stereocenters. The molecule has 0 aliphatic heterocycles. The summed E-state index contributed by atoms with van der Waals surface area (Å²) in [5.74, 6) is -0.342. The normalized spacial score (nSPS) is 12.6. The molecule has 5 heteroatoms. The Balaban J connectivity index is 2.48. The molecule has 0 radical (unpaired) electrons. The molecule has 1 atom stereocenters. The van der Waals surface area contributed by atoms with E-state index in [4.69, 9.17) is 11.6 Å². The van der Waals surface area contributed by atoms with E-state index in [2.05, 4.69) is 9.88 Å². The van der Waals surface area contributed by atoms with Crippen LogP contribution in [0.1, 0.15) is 42.8 Å². The first-order valence-corrected chi connectivity index (χ1v) is 9.05. The summed E-state index contributed by atoms with van der Waals surface area (Å²) >= 11 is 6.26. The molecule has 1 amide bonds.